The molecule has 0 unspecified atom stereocenters. The highest BCUT2D eigenvalue weighted by atomic mass is 32.2. The second kappa shape index (κ2) is 4.68. The van der Waals surface area contributed by atoms with Crippen molar-refractivity contribution in [3.63, 3.8) is 0 Å². The van der Waals surface area contributed by atoms with Crippen LogP contribution < -0.4 is 0 Å². The highest BCUT2D eigenvalue weighted by Gasteiger charge is 2.12. The highest BCUT2D eigenvalue weighted by Crippen LogP contribution is 2.22. The first kappa shape index (κ1) is 13.3. The molecule has 3 aromatic rings. The normalized spacial score (nSPS) is 11.4. The minimum absolute atomic E-state index is 0.216. The third-order valence-electron chi connectivity index (χ3n) is 3.05. The van der Waals surface area contributed by atoms with Gasteiger partial charge in [0.15, 0.2) is 21.3 Å². The average molecular weight is 298 g/mol. The first-order valence-electron chi connectivity index (χ1n) is 6.04. The molecule has 6 nitrogen and oxygen atoms in total. The molecule has 0 atom stereocenters. The topological polar surface area (TPSA) is 88.1 Å². The van der Waals surface area contributed by atoms with Crippen molar-refractivity contribution in [3.8, 4) is 17.5 Å². The van der Waals surface area contributed by atoms with Crippen LogP contribution in [-0.4, -0.2) is 29.3 Å². The van der Waals surface area contributed by atoms with Crippen molar-refractivity contribution in [2.24, 2.45) is 0 Å². The van der Waals surface area contributed by atoms with Gasteiger partial charge in [-0.05, 0) is 24.3 Å². The van der Waals surface area contributed by atoms with Crippen molar-refractivity contribution in [1.82, 2.24) is 14.6 Å². The van der Waals surface area contributed by atoms with E-state index in [1.165, 1.54) is 6.07 Å². The van der Waals surface area contributed by atoms with Gasteiger partial charge in [-0.15, -0.1) is 10.2 Å². The molecular weight excluding hydrogens is 288 g/mol. The maximum absolute atomic E-state index is 11.6. The number of benzene rings is 1. The highest BCUT2D eigenvalue weighted by molar-refractivity contribution is 7.90. The molecule has 1 aromatic carbocycles. The molecule has 2 heterocycles. The fourth-order valence-electron chi connectivity index (χ4n) is 2.02. The van der Waals surface area contributed by atoms with E-state index in [1.54, 1.807) is 40.9 Å². The summed E-state index contributed by atoms with van der Waals surface area (Å²) in [6, 6.07) is 11.9. The Labute approximate surface area is 121 Å². The van der Waals surface area contributed by atoms with E-state index >= 15 is 0 Å². The molecule has 0 aliphatic heterocycles. The van der Waals surface area contributed by atoms with Gasteiger partial charge in [0.25, 0.3) is 0 Å². The summed E-state index contributed by atoms with van der Waals surface area (Å²) in [5.41, 5.74) is 1.69. The van der Waals surface area contributed by atoms with Crippen LogP contribution in [0, 0.1) is 11.3 Å². The van der Waals surface area contributed by atoms with Gasteiger partial charge in [0, 0.05) is 18.0 Å². The predicted octanol–water partition coefficient (Wildman–Crippen LogP) is 1.67. The number of fused-ring (bicyclic) bond motifs is 1. The Morgan fingerprint density at radius 3 is 2.71 bits per heavy atom. The molecule has 0 saturated carbocycles. The Balaban J connectivity index is 2.24. The van der Waals surface area contributed by atoms with E-state index in [1.807, 2.05) is 0 Å². The fourth-order valence-corrected chi connectivity index (χ4v) is 2.69. The van der Waals surface area contributed by atoms with Gasteiger partial charge in [-0.3, -0.25) is 4.40 Å². The molecule has 0 aliphatic rings. The summed E-state index contributed by atoms with van der Waals surface area (Å²) in [7, 11) is -3.29. The van der Waals surface area contributed by atoms with Gasteiger partial charge in [0.2, 0.25) is 0 Å². The van der Waals surface area contributed by atoms with Gasteiger partial charge < -0.3 is 0 Å². The number of rotatable bonds is 2. The van der Waals surface area contributed by atoms with Gasteiger partial charge in [0.05, 0.1) is 10.5 Å². The largest absolute Gasteiger partial charge is 0.281 e. The molecule has 104 valence electrons. The lowest BCUT2D eigenvalue weighted by Gasteiger charge is -2.03. The van der Waals surface area contributed by atoms with Gasteiger partial charge >= 0.3 is 0 Å². The van der Waals surface area contributed by atoms with Gasteiger partial charge in [0.1, 0.15) is 6.07 Å². The van der Waals surface area contributed by atoms with E-state index in [4.69, 9.17) is 5.26 Å². The Kier molecular flexibility index (Phi) is 2.96. The zero-order valence-electron chi connectivity index (χ0n) is 11.1. The average Bonchev–Trinajstić information content (AvgIpc) is 2.89. The first-order chi connectivity index (χ1) is 9.99. The second-order valence-corrected chi connectivity index (χ2v) is 6.60. The van der Waals surface area contributed by atoms with E-state index < -0.39 is 9.84 Å². The van der Waals surface area contributed by atoms with Crippen LogP contribution >= 0.6 is 0 Å². The molecule has 0 radical (unpaired) electrons. The van der Waals surface area contributed by atoms with Crippen LogP contribution in [-0.2, 0) is 9.84 Å². The first-order valence-corrected chi connectivity index (χ1v) is 7.93. The van der Waals surface area contributed by atoms with Gasteiger partial charge in [-0.25, -0.2) is 8.42 Å². The van der Waals surface area contributed by atoms with Crippen molar-refractivity contribution in [2.75, 3.05) is 6.26 Å². The summed E-state index contributed by atoms with van der Waals surface area (Å²) in [5, 5.41) is 17.1. The summed E-state index contributed by atoms with van der Waals surface area (Å²) in [6.07, 6.45) is 2.78. The van der Waals surface area contributed by atoms with E-state index in [0.29, 0.717) is 22.6 Å². The van der Waals surface area contributed by atoms with Crippen molar-refractivity contribution in [2.45, 2.75) is 4.90 Å². The number of nitriles is 1. The van der Waals surface area contributed by atoms with Crippen LogP contribution in [0.4, 0.5) is 0 Å². The van der Waals surface area contributed by atoms with Crippen LogP contribution in [0.3, 0.4) is 0 Å². The molecule has 21 heavy (non-hydrogen) atoms. The molecule has 2 aromatic heterocycles. The van der Waals surface area contributed by atoms with E-state index in [2.05, 4.69) is 16.3 Å². The smallest absolute Gasteiger partial charge is 0.175 e. The zero-order chi connectivity index (χ0) is 15.0. The molecule has 3 rings (SSSR count). The summed E-state index contributed by atoms with van der Waals surface area (Å²) >= 11 is 0. The minimum Gasteiger partial charge on any atom is -0.281 e. The summed E-state index contributed by atoms with van der Waals surface area (Å²) < 4.78 is 24.9. The number of pyridine rings is 1. The quantitative estimate of drug-likeness (QED) is 0.718. The Hall–Kier alpha value is -2.72. The lowest BCUT2D eigenvalue weighted by Crippen LogP contribution is -1.98. The lowest BCUT2D eigenvalue weighted by molar-refractivity contribution is 0.602. The number of hydrogen-bond donors (Lipinski definition) is 0. The third-order valence-corrected chi connectivity index (χ3v) is 4.16. The van der Waals surface area contributed by atoms with Crippen LogP contribution in [0.15, 0.2) is 47.5 Å². The molecular formula is C14H10N4O2S. The van der Waals surface area contributed by atoms with Crippen molar-refractivity contribution < 1.29 is 8.42 Å². The minimum atomic E-state index is -3.29. The SMILES string of the molecule is CS(=O)(=O)c1cccc(-c2nnc3ccc(C#N)cn23)c1. The zero-order valence-corrected chi connectivity index (χ0v) is 11.9. The molecule has 0 aliphatic carbocycles. The molecule has 0 N–H and O–H groups in total. The Bertz CT molecular complexity index is 984. The standard InChI is InChI=1S/C14H10N4O2S/c1-21(19,20)12-4-2-3-11(7-12)14-17-16-13-6-5-10(8-15)9-18(13)14/h2-7,9H,1H3. The van der Waals surface area contributed by atoms with E-state index in [9.17, 15) is 8.42 Å². The van der Waals surface area contributed by atoms with Crippen molar-refractivity contribution >= 4 is 15.5 Å². The monoisotopic (exact) mass is 298 g/mol. The predicted molar refractivity (Wildman–Crippen MR) is 76.2 cm³/mol. The number of nitrogens with zero attached hydrogens (tertiary/aromatic N) is 4. The Morgan fingerprint density at radius 2 is 2.00 bits per heavy atom. The second-order valence-electron chi connectivity index (χ2n) is 4.58. The van der Waals surface area contributed by atoms with Gasteiger partial charge in [-0.2, -0.15) is 5.26 Å². The van der Waals surface area contributed by atoms with Gasteiger partial charge in [-0.1, -0.05) is 12.1 Å². The molecule has 0 amide bonds. The maximum Gasteiger partial charge on any atom is 0.175 e. The molecule has 0 saturated heterocycles. The lowest BCUT2D eigenvalue weighted by atomic mass is 10.2. The molecule has 0 fully saturated rings. The number of hydrogen-bond acceptors (Lipinski definition) is 5. The number of sulfone groups is 1. The number of aromatic nitrogens is 3. The van der Waals surface area contributed by atoms with E-state index in [-0.39, 0.29) is 4.90 Å². The van der Waals surface area contributed by atoms with Crippen LogP contribution in [0.1, 0.15) is 5.56 Å². The third kappa shape index (κ3) is 2.37. The van der Waals surface area contributed by atoms with Crippen LogP contribution in [0.25, 0.3) is 17.0 Å². The molecule has 7 heteroatoms. The van der Waals surface area contributed by atoms with Crippen molar-refractivity contribution in [1.29, 1.82) is 5.26 Å². The van der Waals surface area contributed by atoms with Crippen LogP contribution in [0.2, 0.25) is 0 Å². The maximum atomic E-state index is 11.6. The molecule has 0 bridgehead atoms. The summed E-state index contributed by atoms with van der Waals surface area (Å²) in [4.78, 5) is 0.216. The molecule has 0 spiro atoms. The fraction of sp³-hybridized carbons (Fsp3) is 0.0714. The van der Waals surface area contributed by atoms with Crippen molar-refractivity contribution in [3.05, 3.63) is 48.2 Å². The summed E-state index contributed by atoms with van der Waals surface area (Å²) in [5.74, 6) is 0.493. The van der Waals surface area contributed by atoms with E-state index in [0.717, 1.165) is 6.26 Å². The van der Waals surface area contributed by atoms with Crippen LogP contribution in [0.5, 0.6) is 0 Å². The Morgan fingerprint density at radius 1 is 1.19 bits per heavy atom. The summed E-state index contributed by atoms with van der Waals surface area (Å²) in [6.45, 7) is 0.